The van der Waals surface area contributed by atoms with Crippen molar-refractivity contribution in [2.45, 2.75) is 12.5 Å². The number of carbonyl (C=O) groups is 2. The van der Waals surface area contributed by atoms with Crippen molar-refractivity contribution in [1.29, 1.82) is 0 Å². The Morgan fingerprint density at radius 2 is 1.38 bits per heavy atom. The molecule has 156 valence electrons. The number of fused-ring (bicyclic) bond motifs is 3. The predicted molar refractivity (Wildman–Crippen MR) is 127 cm³/mol. The van der Waals surface area contributed by atoms with Gasteiger partial charge in [0.15, 0.2) is 0 Å². The third-order valence-electron chi connectivity index (χ3n) is 5.77. The van der Waals surface area contributed by atoms with Crippen LogP contribution < -0.4 is 11.1 Å². The lowest BCUT2D eigenvalue weighted by molar-refractivity contribution is -0.119. The maximum atomic E-state index is 12.9. The molecule has 5 aromatic rings. The van der Waals surface area contributed by atoms with Crippen LogP contribution in [0.4, 0.5) is 0 Å². The van der Waals surface area contributed by atoms with Gasteiger partial charge < -0.3 is 11.1 Å². The monoisotopic (exact) mass is 419 g/mol. The number of aromatic nitrogens is 1. The molecule has 4 aromatic carbocycles. The van der Waals surface area contributed by atoms with E-state index in [0.29, 0.717) is 0 Å². The van der Waals surface area contributed by atoms with E-state index in [1.54, 1.807) is 6.07 Å². The fourth-order valence-electron chi connectivity index (χ4n) is 4.18. The van der Waals surface area contributed by atoms with Crippen LogP contribution in [0.2, 0.25) is 0 Å². The summed E-state index contributed by atoms with van der Waals surface area (Å²) < 4.78 is 0. The molecule has 0 radical (unpaired) electrons. The fraction of sp³-hybridized carbons (Fsp3) is 0.0741. The quantitative estimate of drug-likeness (QED) is 0.415. The van der Waals surface area contributed by atoms with Crippen LogP contribution in [0.1, 0.15) is 16.1 Å². The summed E-state index contributed by atoms with van der Waals surface area (Å²) in [6.45, 7) is 0. The second kappa shape index (κ2) is 8.12. The molecule has 5 heteroatoms. The minimum Gasteiger partial charge on any atom is -0.368 e. The van der Waals surface area contributed by atoms with E-state index in [4.69, 9.17) is 5.73 Å². The molecule has 0 aliphatic rings. The van der Waals surface area contributed by atoms with Crippen LogP contribution in [-0.2, 0) is 11.2 Å². The summed E-state index contributed by atoms with van der Waals surface area (Å²) in [6.07, 6.45) is 0.288. The van der Waals surface area contributed by atoms with Gasteiger partial charge in [-0.2, -0.15) is 0 Å². The van der Waals surface area contributed by atoms with Gasteiger partial charge in [0.2, 0.25) is 5.91 Å². The summed E-state index contributed by atoms with van der Waals surface area (Å²) >= 11 is 0. The summed E-state index contributed by atoms with van der Waals surface area (Å²) in [5.41, 5.74) is 7.66. The van der Waals surface area contributed by atoms with Gasteiger partial charge in [-0.1, -0.05) is 72.8 Å². The number of hydrogen-bond donors (Lipinski definition) is 2. The van der Waals surface area contributed by atoms with Gasteiger partial charge >= 0.3 is 0 Å². The Hall–Kier alpha value is -4.25. The SMILES string of the molecule is NC(=O)[C@@H](Cc1c2ccccc2cc2ccccc12)NC(=O)c1ccc2ccccc2n1. The minimum absolute atomic E-state index is 0.248. The molecule has 32 heavy (non-hydrogen) atoms. The van der Waals surface area contributed by atoms with E-state index in [0.717, 1.165) is 38.0 Å². The van der Waals surface area contributed by atoms with Gasteiger partial charge in [-0.05, 0) is 45.3 Å². The molecule has 1 aromatic heterocycles. The molecule has 0 spiro atoms. The molecule has 0 fully saturated rings. The van der Waals surface area contributed by atoms with Crippen molar-refractivity contribution in [2.75, 3.05) is 0 Å². The molecule has 0 saturated carbocycles. The summed E-state index contributed by atoms with van der Waals surface area (Å²) in [4.78, 5) is 29.7. The standard InChI is InChI=1S/C27H21N3O2/c28-26(31)25(30-27(32)24-14-13-17-7-3-6-12-23(17)29-24)16-22-20-10-4-1-8-18(20)15-19-9-2-5-11-21(19)22/h1-15,25H,16H2,(H2,28,31)(H,30,32)/t25-/m1/s1. The fourth-order valence-corrected chi connectivity index (χ4v) is 4.18. The number of pyridine rings is 1. The van der Waals surface area contributed by atoms with Crippen LogP contribution in [0, 0.1) is 0 Å². The number of para-hydroxylation sites is 1. The number of nitrogens with two attached hydrogens (primary N) is 1. The van der Waals surface area contributed by atoms with Crippen LogP contribution in [0.5, 0.6) is 0 Å². The molecule has 3 N–H and O–H groups in total. The average Bonchev–Trinajstić information content (AvgIpc) is 2.82. The van der Waals surface area contributed by atoms with Gasteiger partial charge in [0.25, 0.3) is 5.91 Å². The number of amides is 2. The van der Waals surface area contributed by atoms with Crippen LogP contribution in [0.25, 0.3) is 32.4 Å². The molecule has 5 nitrogen and oxygen atoms in total. The highest BCUT2D eigenvalue weighted by Crippen LogP contribution is 2.29. The van der Waals surface area contributed by atoms with Crippen molar-refractivity contribution < 1.29 is 9.59 Å². The van der Waals surface area contributed by atoms with Gasteiger partial charge in [0.05, 0.1) is 5.52 Å². The van der Waals surface area contributed by atoms with Crippen LogP contribution in [0.15, 0.2) is 91.0 Å². The second-order valence-electron chi connectivity index (χ2n) is 7.82. The van der Waals surface area contributed by atoms with Crippen molar-refractivity contribution in [3.63, 3.8) is 0 Å². The van der Waals surface area contributed by atoms with Gasteiger partial charge in [0, 0.05) is 11.8 Å². The van der Waals surface area contributed by atoms with E-state index in [1.165, 1.54) is 0 Å². The molecule has 0 aliphatic heterocycles. The zero-order chi connectivity index (χ0) is 22.1. The molecule has 0 aliphatic carbocycles. The lowest BCUT2D eigenvalue weighted by atomic mass is 9.92. The molecule has 2 amide bonds. The van der Waals surface area contributed by atoms with Crippen molar-refractivity contribution in [2.24, 2.45) is 5.73 Å². The Bertz CT molecular complexity index is 1440. The maximum absolute atomic E-state index is 12.9. The van der Waals surface area contributed by atoms with Crippen molar-refractivity contribution in [3.8, 4) is 0 Å². The molecule has 0 saturated heterocycles. The lowest BCUT2D eigenvalue weighted by Crippen LogP contribution is -2.46. The first kappa shape index (κ1) is 19.7. The van der Waals surface area contributed by atoms with E-state index in [9.17, 15) is 9.59 Å². The minimum atomic E-state index is -0.870. The number of carbonyl (C=O) groups excluding carboxylic acids is 2. The number of nitrogens with one attached hydrogen (secondary N) is 1. The van der Waals surface area contributed by atoms with Crippen molar-refractivity contribution in [3.05, 3.63) is 102 Å². The molecular weight excluding hydrogens is 398 g/mol. The van der Waals surface area contributed by atoms with Crippen molar-refractivity contribution in [1.82, 2.24) is 10.3 Å². The molecule has 1 heterocycles. The zero-order valence-corrected chi connectivity index (χ0v) is 17.3. The van der Waals surface area contributed by atoms with Gasteiger partial charge in [0.1, 0.15) is 11.7 Å². The van der Waals surface area contributed by atoms with Crippen LogP contribution >= 0.6 is 0 Å². The third kappa shape index (κ3) is 3.65. The number of rotatable bonds is 5. The van der Waals surface area contributed by atoms with E-state index in [1.807, 2.05) is 78.9 Å². The van der Waals surface area contributed by atoms with E-state index in [-0.39, 0.29) is 12.1 Å². The number of nitrogens with zero attached hydrogens (tertiary/aromatic N) is 1. The summed E-state index contributed by atoms with van der Waals surface area (Å²) in [5, 5.41) is 7.97. The zero-order valence-electron chi connectivity index (χ0n) is 17.3. The molecule has 0 unspecified atom stereocenters. The van der Waals surface area contributed by atoms with Crippen LogP contribution in [-0.4, -0.2) is 22.8 Å². The summed E-state index contributed by atoms with van der Waals surface area (Å²) in [7, 11) is 0. The van der Waals surface area contributed by atoms with Gasteiger partial charge in [-0.15, -0.1) is 0 Å². The Balaban J connectivity index is 1.51. The Kier molecular flexibility index (Phi) is 5.00. The first-order valence-corrected chi connectivity index (χ1v) is 10.5. The highest BCUT2D eigenvalue weighted by Gasteiger charge is 2.22. The highest BCUT2D eigenvalue weighted by molar-refractivity contribution is 6.03. The second-order valence-corrected chi connectivity index (χ2v) is 7.82. The van der Waals surface area contributed by atoms with Gasteiger partial charge in [-0.25, -0.2) is 4.98 Å². The highest BCUT2D eigenvalue weighted by atomic mass is 16.2. The number of benzene rings is 4. The van der Waals surface area contributed by atoms with Crippen molar-refractivity contribution >= 4 is 44.3 Å². The molecule has 0 bridgehead atoms. The normalized spacial score (nSPS) is 12.1. The van der Waals surface area contributed by atoms with E-state index in [2.05, 4.69) is 16.4 Å². The Labute approximate surface area is 184 Å². The molecule has 1 atom stereocenters. The predicted octanol–water partition coefficient (Wildman–Crippen LogP) is 4.37. The summed E-state index contributed by atoms with van der Waals surface area (Å²) in [5.74, 6) is -1.01. The maximum Gasteiger partial charge on any atom is 0.270 e. The van der Waals surface area contributed by atoms with Crippen LogP contribution in [0.3, 0.4) is 0 Å². The molecular formula is C27H21N3O2. The summed E-state index contributed by atoms with van der Waals surface area (Å²) in [6, 6.07) is 28.4. The number of primary amides is 1. The largest absolute Gasteiger partial charge is 0.368 e. The lowest BCUT2D eigenvalue weighted by Gasteiger charge is -2.18. The first-order valence-electron chi connectivity index (χ1n) is 10.5. The Morgan fingerprint density at radius 1 is 0.781 bits per heavy atom. The molecule has 5 rings (SSSR count). The smallest absolute Gasteiger partial charge is 0.270 e. The van der Waals surface area contributed by atoms with E-state index >= 15 is 0 Å². The van der Waals surface area contributed by atoms with E-state index < -0.39 is 17.9 Å². The van der Waals surface area contributed by atoms with Gasteiger partial charge in [-0.3, -0.25) is 9.59 Å². The Morgan fingerprint density at radius 3 is 2.03 bits per heavy atom. The third-order valence-corrected chi connectivity index (χ3v) is 5.77. The number of hydrogen-bond acceptors (Lipinski definition) is 3. The average molecular weight is 419 g/mol. The topological polar surface area (TPSA) is 85.1 Å². The first-order chi connectivity index (χ1) is 15.6.